The SMILES string of the molecule is Nc1nc2c(c(=O)n1C(c1ccccc1)c1ccccc1)CN(C1CCc3ccccc31)CC2. The summed E-state index contributed by atoms with van der Waals surface area (Å²) >= 11 is 0. The van der Waals surface area contributed by atoms with Crippen LogP contribution in [0.3, 0.4) is 0 Å². The zero-order chi connectivity index (χ0) is 23.1. The second kappa shape index (κ2) is 8.58. The van der Waals surface area contributed by atoms with Crippen LogP contribution in [-0.4, -0.2) is 21.0 Å². The van der Waals surface area contributed by atoms with Crippen molar-refractivity contribution in [1.29, 1.82) is 0 Å². The summed E-state index contributed by atoms with van der Waals surface area (Å²) < 4.78 is 1.69. The summed E-state index contributed by atoms with van der Waals surface area (Å²) in [6.07, 6.45) is 2.94. The van der Waals surface area contributed by atoms with Crippen LogP contribution in [0, 0.1) is 0 Å². The fraction of sp³-hybridized carbons (Fsp3) is 0.241. The van der Waals surface area contributed by atoms with Gasteiger partial charge in [-0.2, -0.15) is 0 Å². The number of aryl methyl sites for hydroxylation is 1. The number of nitrogens with two attached hydrogens (primary N) is 1. The van der Waals surface area contributed by atoms with Gasteiger partial charge in [0.25, 0.3) is 5.56 Å². The maximum atomic E-state index is 14.0. The van der Waals surface area contributed by atoms with Gasteiger partial charge >= 0.3 is 0 Å². The average Bonchev–Trinajstić information content (AvgIpc) is 3.32. The van der Waals surface area contributed by atoms with E-state index in [1.54, 1.807) is 4.57 Å². The fourth-order valence-electron chi connectivity index (χ4n) is 5.72. The first-order valence-corrected chi connectivity index (χ1v) is 12.0. The summed E-state index contributed by atoms with van der Waals surface area (Å²) in [6.45, 7) is 1.50. The topological polar surface area (TPSA) is 64.1 Å². The molecule has 2 heterocycles. The summed E-state index contributed by atoms with van der Waals surface area (Å²) in [5.74, 6) is 0.279. The quantitative estimate of drug-likeness (QED) is 0.499. The van der Waals surface area contributed by atoms with Crippen molar-refractivity contribution in [1.82, 2.24) is 14.5 Å². The van der Waals surface area contributed by atoms with Crippen molar-refractivity contribution in [3.63, 3.8) is 0 Å². The molecule has 4 aromatic rings. The van der Waals surface area contributed by atoms with Gasteiger partial charge in [0.15, 0.2) is 0 Å². The number of hydrogen-bond donors (Lipinski definition) is 1. The largest absolute Gasteiger partial charge is 0.369 e. The Bertz CT molecular complexity index is 1340. The zero-order valence-electron chi connectivity index (χ0n) is 19.1. The maximum Gasteiger partial charge on any atom is 0.260 e. The van der Waals surface area contributed by atoms with Crippen LogP contribution in [0.5, 0.6) is 0 Å². The minimum atomic E-state index is -0.324. The number of anilines is 1. The van der Waals surface area contributed by atoms with Crippen molar-refractivity contribution < 1.29 is 0 Å². The van der Waals surface area contributed by atoms with Crippen LogP contribution in [-0.2, 0) is 19.4 Å². The number of hydrogen-bond acceptors (Lipinski definition) is 4. The Labute approximate surface area is 199 Å². The summed E-state index contributed by atoms with van der Waals surface area (Å²) in [5.41, 5.74) is 12.9. The standard InChI is InChI=1S/C29H28N4O/c30-29-31-25-17-18-32(26-16-15-20-9-7-8-14-23(20)26)19-24(25)28(34)33(29)27(21-10-3-1-4-11-21)22-12-5-2-6-13-22/h1-14,26-27H,15-19H2,(H2,30,31). The lowest BCUT2D eigenvalue weighted by molar-refractivity contribution is 0.175. The molecule has 2 aliphatic rings. The number of nitrogens with zero attached hydrogens (tertiary/aromatic N) is 3. The monoisotopic (exact) mass is 448 g/mol. The molecule has 5 nitrogen and oxygen atoms in total. The van der Waals surface area contributed by atoms with Gasteiger partial charge in [-0.15, -0.1) is 0 Å². The fourth-order valence-corrected chi connectivity index (χ4v) is 5.72. The van der Waals surface area contributed by atoms with Crippen molar-refractivity contribution >= 4 is 5.95 Å². The van der Waals surface area contributed by atoms with E-state index in [1.807, 2.05) is 60.7 Å². The molecule has 34 heavy (non-hydrogen) atoms. The molecule has 0 amide bonds. The number of aromatic nitrogens is 2. The van der Waals surface area contributed by atoms with Crippen LogP contribution >= 0.6 is 0 Å². The van der Waals surface area contributed by atoms with Crippen molar-refractivity contribution in [2.45, 2.75) is 37.9 Å². The molecule has 6 rings (SSSR count). The van der Waals surface area contributed by atoms with Gasteiger partial charge in [-0.1, -0.05) is 84.9 Å². The van der Waals surface area contributed by atoms with Gasteiger partial charge in [-0.05, 0) is 35.1 Å². The van der Waals surface area contributed by atoms with Crippen LogP contribution in [0.1, 0.15) is 52.0 Å². The van der Waals surface area contributed by atoms with E-state index in [1.165, 1.54) is 11.1 Å². The molecular formula is C29H28N4O. The lowest BCUT2D eigenvalue weighted by Crippen LogP contribution is -2.41. The van der Waals surface area contributed by atoms with Crippen LogP contribution in [0.25, 0.3) is 0 Å². The van der Waals surface area contributed by atoms with Gasteiger partial charge in [0.05, 0.1) is 17.3 Å². The van der Waals surface area contributed by atoms with E-state index in [9.17, 15) is 4.79 Å². The third-order valence-corrected chi connectivity index (χ3v) is 7.35. The van der Waals surface area contributed by atoms with Crippen LogP contribution in [0.2, 0.25) is 0 Å². The Kier molecular flexibility index (Phi) is 5.27. The van der Waals surface area contributed by atoms with E-state index in [-0.39, 0.29) is 17.5 Å². The van der Waals surface area contributed by atoms with E-state index in [0.29, 0.717) is 12.6 Å². The van der Waals surface area contributed by atoms with Crippen molar-refractivity contribution in [2.75, 3.05) is 12.3 Å². The molecule has 5 heteroatoms. The molecule has 0 radical (unpaired) electrons. The molecule has 3 aromatic carbocycles. The molecule has 0 saturated carbocycles. The highest BCUT2D eigenvalue weighted by atomic mass is 16.1. The second-order valence-corrected chi connectivity index (χ2v) is 9.27. The smallest absolute Gasteiger partial charge is 0.260 e. The van der Waals surface area contributed by atoms with Gasteiger partial charge in [0.1, 0.15) is 0 Å². The molecule has 170 valence electrons. The first kappa shape index (κ1) is 20.9. The van der Waals surface area contributed by atoms with Crippen molar-refractivity contribution in [3.05, 3.63) is 129 Å². The molecule has 0 saturated heterocycles. The summed E-state index contributed by atoms with van der Waals surface area (Å²) in [4.78, 5) is 21.3. The van der Waals surface area contributed by atoms with Crippen molar-refractivity contribution in [3.8, 4) is 0 Å². The Balaban J connectivity index is 1.44. The predicted octanol–water partition coefficient (Wildman–Crippen LogP) is 4.51. The number of fused-ring (bicyclic) bond motifs is 2. The van der Waals surface area contributed by atoms with Gasteiger partial charge < -0.3 is 5.73 Å². The molecule has 0 spiro atoms. The van der Waals surface area contributed by atoms with Crippen LogP contribution < -0.4 is 11.3 Å². The third kappa shape index (κ3) is 3.53. The molecular weight excluding hydrogens is 420 g/mol. The van der Waals surface area contributed by atoms with E-state index in [2.05, 4.69) is 29.2 Å². The van der Waals surface area contributed by atoms with Crippen LogP contribution in [0.4, 0.5) is 5.95 Å². The Hall–Kier alpha value is -3.70. The molecule has 1 aromatic heterocycles. The molecule has 0 bridgehead atoms. The normalized spacial score (nSPS) is 17.5. The Morgan fingerprint density at radius 1 is 0.853 bits per heavy atom. The second-order valence-electron chi connectivity index (χ2n) is 9.27. The Morgan fingerprint density at radius 2 is 1.50 bits per heavy atom. The van der Waals surface area contributed by atoms with E-state index < -0.39 is 0 Å². The highest BCUT2D eigenvalue weighted by Gasteiger charge is 2.33. The molecule has 2 N–H and O–H groups in total. The highest BCUT2D eigenvalue weighted by molar-refractivity contribution is 5.40. The van der Waals surface area contributed by atoms with Crippen molar-refractivity contribution in [2.24, 2.45) is 0 Å². The molecule has 1 unspecified atom stereocenters. The van der Waals surface area contributed by atoms with Gasteiger partial charge in [0.2, 0.25) is 5.95 Å². The lowest BCUT2D eigenvalue weighted by atomic mass is 9.97. The zero-order valence-corrected chi connectivity index (χ0v) is 19.1. The third-order valence-electron chi connectivity index (χ3n) is 7.35. The van der Waals surface area contributed by atoms with Gasteiger partial charge in [-0.25, -0.2) is 4.98 Å². The molecule has 1 aliphatic heterocycles. The van der Waals surface area contributed by atoms with E-state index >= 15 is 0 Å². The number of benzene rings is 3. The Morgan fingerprint density at radius 3 is 2.21 bits per heavy atom. The summed E-state index contributed by atoms with van der Waals surface area (Å²) in [5, 5.41) is 0. The van der Waals surface area contributed by atoms with Gasteiger partial charge in [0, 0.05) is 25.6 Å². The first-order valence-electron chi connectivity index (χ1n) is 12.0. The number of rotatable bonds is 4. The number of nitrogen functional groups attached to an aromatic ring is 1. The minimum absolute atomic E-state index is 0.0313. The molecule has 1 aliphatic carbocycles. The van der Waals surface area contributed by atoms with E-state index in [0.717, 1.165) is 48.2 Å². The molecule has 1 atom stereocenters. The van der Waals surface area contributed by atoms with E-state index in [4.69, 9.17) is 10.7 Å². The summed E-state index contributed by atoms with van der Waals surface area (Å²) in [7, 11) is 0. The van der Waals surface area contributed by atoms with Crippen LogP contribution in [0.15, 0.2) is 89.7 Å². The minimum Gasteiger partial charge on any atom is -0.369 e. The van der Waals surface area contributed by atoms with Gasteiger partial charge in [-0.3, -0.25) is 14.3 Å². The maximum absolute atomic E-state index is 14.0. The molecule has 0 fully saturated rings. The first-order chi connectivity index (χ1) is 16.7. The average molecular weight is 449 g/mol. The lowest BCUT2D eigenvalue weighted by Gasteiger charge is -2.34. The predicted molar refractivity (Wildman–Crippen MR) is 135 cm³/mol. The highest BCUT2D eigenvalue weighted by Crippen LogP contribution is 2.38. The summed E-state index contributed by atoms with van der Waals surface area (Å²) in [6, 6.07) is 28.9.